The maximum absolute atomic E-state index is 11.9. The fourth-order valence-electron chi connectivity index (χ4n) is 2.31. The average Bonchev–Trinajstić information content (AvgIpc) is 2.57. The van der Waals surface area contributed by atoms with Crippen LogP contribution in [0.25, 0.3) is 0 Å². The molecule has 0 aliphatic carbocycles. The Hall–Kier alpha value is -2.66. The SMILES string of the molecule is CC(=O)Nc1ccc(NC(=O)CNCCCc2ccccc2)cc1. The van der Waals surface area contributed by atoms with Gasteiger partial charge in [0.15, 0.2) is 0 Å². The molecule has 2 aromatic rings. The number of rotatable bonds is 8. The van der Waals surface area contributed by atoms with Gasteiger partial charge in [0, 0.05) is 18.3 Å². The van der Waals surface area contributed by atoms with E-state index in [4.69, 9.17) is 0 Å². The molecule has 0 aromatic heterocycles. The molecule has 2 rings (SSSR count). The smallest absolute Gasteiger partial charge is 0.238 e. The van der Waals surface area contributed by atoms with Crippen LogP contribution in [0.2, 0.25) is 0 Å². The summed E-state index contributed by atoms with van der Waals surface area (Å²) in [5.41, 5.74) is 2.72. The number of carbonyl (C=O) groups excluding carboxylic acids is 2. The lowest BCUT2D eigenvalue weighted by Gasteiger charge is -2.08. The molecule has 0 atom stereocenters. The molecule has 5 nitrogen and oxygen atoms in total. The molecule has 0 radical (unpaired) electrons. The summed E-state index contributed by atoms with van der Waals surface area (Å²) in [7, 11) is 0. The molecule has 0 bridgehead atoms. The van der Waals surface area contributed by atoms with Crippen molar-refractivity contribution in [1.29, 1.82) is 0 Å². The van der Waals surface area contributed by atoms with E-state index in [1.165, 1.54) is 12.5 Å². The second kappa shape index (κ2) is 9.47. The third-order valence-corrected chi connectivity index (χ3v) is 3.44. The minimum absolute atomic E-state index is 0.0815. The second-order valence-electron chi connectivity index (χ2n) is 5.57. The summed E-state index contributed by atoms with van der Waals surface area (Å²) >= 11 is 0. The van der Waals surface area contributed by atoms with Crippen LogP contribution in [0.3, 0.4) is 0 Å². The zero-order valence-electron chi connectivity index (χ0n) is 13.8. The molecule has 0 heterocycles. The molecule has 126 valence electrons. The molecule has 3 N–H and O–H groups in total. The Morgan fingerprint density at radius 3 is 2.12 bits per heavy atom. The maximum Gasteiger partial charge on any atom is 0.238 e. The highest BCUT2D eigenvalue weighted by Gasteiger charge is 2.02. The van der Waals surface area contributed by atoms with Crippen molar-refractivity contribution >= 4 is 23.2 Å². The molecule has 0 aliphatic heterocycles. The number of nitrogens with one attached hydrogen (secondary N) is 3. The normalized spacial score (nSPS) is 10.2. The average molecular weight is 325 g/mol. The Balaban J connectivity index is 1.63. The number of anilines is 2. The molecule has 24 heavy (non-hydrogen) atoms. The Morgan fingerprint density at radius 2 is 1.50 bits per heavy atom. The second-order valence-corrected chi connectivity index (χ2v) is 5.57. The fourth-order valence-corrected chi connectivity index (χ4v) is 2.31. The first-order valence-electron chi connectivity index (χ1n) is 8.05. The van der Waals surface area contributed by atoms with Crippen molar-refractivity contribution < 1.29 is 9.59 Å². The van der Waals surface area contributed by atoms with E-state index >= 15 is 0 Å². The van der Waals surface area contributed by atoms with Gasteiger partial charge in [-0.25, -0.2) is 0 Å². The summed E-state index contributed by atoms with van der Waals surface area (Å²) in [5, 5.41) is 8.64. The Bertz CT molecular complexity index is 654. The molecule has 0 spiro atoms. The number of carbonyl (C=O) groups is 2. The van der Waals surface area contributed by atoms with E-state index in [-0.39, 0.29) is 18.4 Å². The minimum Gasteiger partial charge on any atom is -0.326 e. The molecular weight excluding hydrogens is 302 g/mol. The van der Waals surface area contributed by atoms with Gasteiger partial charge >= 0.3 is 0 Å². The highest BCUT2D eigenvalue weighted by Crippen LogP contribution is 2.13. The van der Waals surface area contributed by atoms with Crippen molar-refractivity contribution in [2.75, 3.05) is 23.7 Å². The number of aryl methyl sites for hydroxylation is 1. The number of hydrogen-bond acceptors (Lipinski definition) is 3. The van der Waals surface area contributed by atoms with Crippen LogP contribution in [0.15, 0.2) is 54.6 Å². The van der Waals surface area contributed by atoms with Crippen LogP contribution in [-0.4, -0.2) is 24.9 Å². The van der Waals surface area contributed by atoms with Crippen molar-refractivity contribution in [2.24, 2.45) is 0 Å². The van der Waals surface area contributed by atoms with Gasteiger partial charge in [-0.1, -0.05) is 30.3 Å². The zero-order valence-corrected chi connectivity index (χ0v) is 13.8. The van der Waals surface area contributed by atoms with Crippen LogP contribution in [0, 0.1) is 0 Å². The predicted molar refractivity (Wildman–Crippen MR) is 97.0 cm³/mol. The molecule has 2 amide bonds. The summed E-state index contributed by atoms with van der Waals surface area (Å²) in [5.74, 6) is -0.200. The topological polar surface area (TPSA) is 70.2 Å². The monoisotopic (exact) mass is 325 g/mol. The van der Waals surface area contributed by atoms with Crippen LogP contribution in [-0.2, 0) is 16.0 Å². The van der Waals surface area contributed by atoms with Gasteiger partial charge in [-0.3, -0.25) is 9.59 Å². The first-order valence-corrected chi connectivity index (χ1v) is 8.05. The fraction of sp³-hybridized carbons (Fsp3) is 0.263. The molecule has 0 fully saturated rings. The van der Waals surface area contributed by atoms with Crippen molar-refractivity contribution in [3.63, 3.8) is 0 Å². The van der Waals surface area contributed by atoms with Crippen LogP contribution >= 0.6 is 0 Å². The molecule has 0 aliphatic rings. The van der Waals surface area contributed by atoms with Gasteiger partial charge in [-0.15, -0.1) is 0 Å². The van der Waals surface area contributed by atoms with E-state index in [9.17, 15) is 9.59 Å². The molecule has 5 heteroatoms. The number of hydrogen-bond donors (Lipinski definition) is 3. The van der Waals surface area contributed by atoms with E-state index < -0.39 is 0 Å². The lowest BCUT2D eigenvalue weighted by atomic mass is 10.1. The van der Waals surface area contributed by atoms with Gasteiger partial charge in [-0.2, -0.15) is 0 Å². The molecule has 0 unspecified atom stereocenters. The summed E-state index contributed by atoms with van der Waals surface area (Å²) in [4.78, 5) is 22.8. The molecule has 0 saturated heterocycles. The molecule has 0 saturated carbocycles. The van der Waals surface area contributed by atoms with E-state index in [1.54, 1.807) is 24.3 Å². The third-order valence-electron chi connectivity index (χ3n) is 3.44. The molecule has 2 aromatic carbocycles. The third kappa shape index (κ3) is 6.62. The van der Waals surface area contributed by atoms with Crippen molar-refractivity contribution in [3.8, 4) is 0 Å². The predicted octanol–water partition coefficient (Wildman–Crippen LogP) is 2.81. The lowest BCUT2D eigenvalue weighted by molar-refractivity contribution is -0.115. The Morgan fingerprint density at radius 1 is 0.875 bits per heavy atom. The van der Waals surface area contributed by atoms with Gasteiger partial charge in [-0.05, 0) is 49.2 Å². The summed E-state index contributed by atoms with van der Waals surface area (Å²) in [6.07, 6.45) is 1.99. The first-order chi connectivity index (χ1) is 11.6. The van der Waals surface area contributed by atoms with Crippen LogP contribution in [0.5, 0.6) is 0 Å². The zero-order chi connectivity index (χ0) is 17.2. The standard InChI is InChI=1S/C19H23N3O2/c1-15(23)21-17-9-11-18(12-10-17)22-19(24)14-20-13-5-8-16-6-3-2-4-7-16/h2-4,6-7,9-12,20H,5,8,13-14H2,1H3,(H,21,23)(H,22,24). The van der Waals surface area contributed by atoms with Crippen LogP contribution < -0.4 is 16.0 Å². The van der Waals surface area contributed by atoms with Crippen LogP contribution in [0.4, 0.5) is 11.4 Å². The van der Waals surface area contributed by atoms with Gasteiger partial charge in [0.2, 0.25) is 11.8 Å². The van der Waals surface area contributed by atoms with Gasteiger partial charge in [0.25, 0.3) is 0 Å². The highest BCUT2D eigenvalue weighted by atomic mass is 16.2. The van der Waals surface area contributed by atoms with Crippen LogP contribution in [0.1, 0.15) is 18.9 Å². The largest absolute Gasteiger partial charge is 0.326 e. The van der Waals surface area contributed by atoms with Crippen molar-refractivity contribution in [2.45, 2.75) is 19.8 Å². The summed E-state index contributed by atoms with van der Waals surface area (Å²) in [6, 6.07) is 17.3. The van der Waals surface area contributed by atoms with Gasteiger partial charge in [0.05, 0.1) is 6.54 Å². The Kier molecular flexibility index (Phi) is 6.98. The quantitative estimate of drug-likeness (QED) is 0.654. The number of benzene rings is 2. The minimum atomic E-state index is -0.119. The number of amides is 2. The van der Waals surface area contributed by atoms with E-state index in [0.717, 1.165) is 19.4 Å². The highest BCUT2D eigenvalue weighted by molar-refractivity contribution is 5.93. The first kappa shape index (κ1) is 17.7. The van der Waals surface area contributed by atoms with Crippen molar-refractivity contribution in [1.82, 2.24) is 5.32 Å². The van der Waals surface area contributed by atoms with Gasteiger partial charge in [0.1, 0.15) is 0 Å². The summed E-state index contributed by atoms with van der Waals surface area (Å²) < 4.78 is 0. The molecular formula is C19H23N3O2. The van der Waals surface area contributed by atoms with Gasteiger partial charge < -0.3 is 16.0 Å². The lowest BCUT2D eigenvalue weighted by Crippen LogP contribution is -2.28. The van der Waals surface area contributed by atoms with Crippen molar-refractivity contribution in [3.05, 3.63) is 60.2 Å². The van der Waals surface area contributed by atoms with E-state index in [0.29, 0.717) is 11.4 Å². The summed E-state index contributed by atoms with van der Waals surface area (Å²) in [6.45, 7) is 2.53. The van der Waals surface area contributed by atoms with E-state index in [1.807, 2.05) is 18.2 Å². The van der Waals surface area contributed by atoms with E-state index in [2.05, 4.69) is 28.1 Å². The Labute approximate surface area is 142 Å². The maximum atomic E-state index is 11.9.